The summed E-state index contributed by atoms with van der Waals surface area (Å²) in [4.78, 5) is 0. The molecule has 0 aliphatic carbocycles. The van der Waals surface area contributed by atoms with Gasteiger partial charge in [-0.1, -0.05) is 6.07 Å². The fraction of sp³-hybridized carbons (Fsp3) is 0.250. The molecule has 0 spiro atoms. The number of aromatic hydroxyl groups is 2. The molecule has 0 aliphatic heterocycles. The van der Waals surface area contributed by atoms with E-state index < -0.39 is 0 Å². The number of hydrogen-bond donors (Lipinski definition) is 4. The molecule has 0 amide bonds. The maximum absolute atomic E-state index is 9.40. The van der Waals surface area contributed by atoms with E-state index in [9.17, 15) is 5.11 Å². The van der Waals surface area contributed by atoms with Crippen molar-refractivity contribution in [2.75, 3.05) is 0 Å². The molecule has 0 unspecified atom stereocenters. The Bertz CT molecular complexity index is 286. The molecular formula is C8H11NO3. The minimum atomic E-state index is 0.0107. The molecule has 0 saturated carbocycles. The van der Waals surface area contributed by atoms with Crippen LogP contribution < -0.4 is 5.48 Å². The van der Waals surface area contributed by atoms with E-state index >= 15 is 0 Å². The summed E-state index contributed by atoms with van der Waals surface area (Å²) in [6.07, 6.45) is 0. The highest BCUT2D eigenvalue weighted by Crippen LogP contribution is 2.28. The second-order valence-electron chi connectivity index (χ2n) is 2.55. The van der Waals surface area contributed by atoms with Crippen molar-refractivity contribution in [3.8, 4) is 11.5 Å². The van der Waals surface area contributed by atoms with Gasteiger partial charge in [-0.25, -0.2) is 5.48 Å². The molecule has 0 fully saturated rings. The van der Waals surface area contributed by atoms with Crippen molar-refractivity contribution < 1.29 is 15.4 Å². The van der Waals surface area contributed by atoms with Crippen molar-refractivity contribution in [2.45, 2.75) is 13.5 Å². The van der Waals surface area contributed by atoms with Gasteiger partial charge in [-0.3, -0.25) is 0 Å². The Morgan fingerprint density at radius 2 is 2.00 bits per heavy atom. The first-order valence-corrected chi connectivity index (χ1v) is 3.54. The standard InChI is InChI=1S/C8H11NO3/c1-5-7(10)3-2-6(4-9-12)8(5)11/h2-3,9-12H,4H2,1H3. The van der Waals surface area contributed by atoms with Crippen LogP contribution >= 0.6 is 0 Å². The quantitative estimate of drug-likeness (QED) is 0.496. The third kappa shape index (κ3) is 1.49. The Balaban J connectivity index is 3.08. The Labute approximate surface area is 70.0 Å². The number of rotatable bonds is 2. The Kier molecular flexibility index (Phi) is 2.52. The molecule has 66 valence electrons. The van der Waals surface area contributed by atoms with Crippen LogP contribution in [-0.2, 0) is 6.54 Å². The average molecular weight is 169 g/mol. The molecule has 0 aromatic heterocycles. The fourth-order valence-corrected chi connectivity index (χ4v) is 0.973. The van der Waals surface area contributed by atoms with Gasteiger partial charge in [-0.15, -0.1) is 0 Å². The van der Waals surface area contributed by atoms with Crippen molar-refractivity contribution >= 4 is 0 Å². The van der Waals surface area contributed by atoms with Gasteiger partial charge in [0.2, 0.25) is 0 Å². The lowest BCUT2D eigenvalue weighted by atomic mass is 10.1. The largest absolute Gasteiger partial charge is 0.508 e. The summed E-state index contributed by atoms with van der Waals surface area (Å²) >= 11 is 0. The molecule has 0 aliphatic rings. The maximum Gasteiger partial charge on any atom is 0.126 e. The van der Waals surface area contributed by atoms with E-state index in [4.69, 9.17) is 10.3 Å². The van der Waals surface area contributed by atoms with Gasteiger partial charge < -0.3 is 15.4 Å². The molecule has 1 rings (SSSR count). The highest BCUT2D eigenvalue weighted by atomic mass is 16.5. The van der Waals surface area contributed by atoms with Crippen LogP contribution in [-0.4, -0.2) is 15.4 Å². The normalized spacial score (nSPS) is 10.2. The van der Waals surface area contributed by atoms with Gasteiger partial charge in [-0.05, 0) is 13.0 Å². The highest BCUT2D eigenvalue weighted by molar-refractivity contribution is 5.47. The summed E-state index contributed by atoms with van der Waals surface area (Å²) in [6.45, 7) is 1.76. The predicted octanol–water partition coefficient (Wildman–Crippen LogP) is 0.885. The van der Waals surface area contributed by atoms with Gasteiger partial charge in [0, 0.05) is 17.7 Å². The predicted molar refractivity (Wildman–Crippen MR) is 43.1 cm³/mol. The number of hydrogen-bond acceptors (Lipinski definition) is 4. The van der Waals surface area contributed by atoms with Gasteiger partial charge in [0.05, 0.1) is 0 Å². The van der Waals surface area contributed by atoms with Crippen molar-refractivity contribution in [3.05, 3.63) is 23.3 Å². The van der Waals surface area contributed by atoms with Crippen molar-refractivity contribution in [2.24, 2.45) is 0 Å². The summed E-state index contributed by atoms with van der Waals surface area (Å²) in [5, 5.41) is 26.9. The van der Waals surface area contributed by atoms with E-state index in [2.05, 4.69) is 0 Å². The fourth-order valence-electron chi connectivity index (χ4n) is 0.973. The van der Waals surface area contributed by atoms with Gasteiger partial charge in [0.15, 0.2) is 0 Å². The zero-order chi connectivity index (χ0) is 9.14. The van der Waals surface area contributed by atoms with E-state index in [1.54, 1.807) is 13.0 Å². The van der Waals surface area contributed by atoms with Gasteiger partial charge in [0.1, 0.15) is 11.5 Å². The zero-order valence-electron chi connectivity index (χ0n) is 6.70. The monoisotopic (exact) mass is 169 g/mol. The second-order valence-corrected chi connectivity index (χ2v) is 2.55. The third-order valence-electron chi connectivity index (χ3n) is 1.76. The van der Waals surface area contributed by atoms with Crippen LogP contribution in [0.3, 0.4) is 0 Å². The Morgan fingerprint density at radius 3 is 2.58 bits per heavy atom. The van der Waals surface area contributed by atoms with Crippen LogP contribution in [0, 0.1) is 6.92 Å². The first-order valence-electron chi connectivity index (χ1n) is 3.54. The van der Waals surface area contributed by atoms with Gasteiger partial charge in [0.25, 0.3) is 0 Å². The van der Waals surface area contributed by atoms with Crippen molar-refractivity contribution in [1.29, 1.82) is 0 Å². The Morgan fingerprint density at radius 1 is 1.33 bits per heavy atom. The smallest absolute Gasteiger partial charge is 0.126 e. The number of nitrogens with one attached hydrogen (secondary N) is 1. The van der Waals surface area contributed by atoms with E-state index in [-0.39, 0.29) is 18.0 Å². The van der Waals surface area contributed by atoms with E-state index in [1.807, 2.05) is 5.48 Å². The lowest BCUT2D eigenvalue weighted by molar-refractivity contribution is 0.160. The summed E-state index contributed by atoms with van der Waals surface area (Å²) < 4.78 is 0. The van der Waals surface area contributed by atoms with Crippen LogP contribution in [0.4, 0.5) is 0 Å². The molecule has 0 atom stereocenters. The summed E-state index contributed by atoms with van der Waals surface area (Å²) in [5.74, 6) is 0.0609. The molecule has 4 nitrogen and oxygen atoms in total. The third-order valence-corrected chi connectivity index (χ3v) is 1.76. The van der Waals surface area contributed by atoms with Crippen molar-refractivity contribution in [1.82, 2.24) is 5.48 Å². The molecule has 0 heterocycles. The molecule has 0 radical (unpaired) electrons. The molecule has 12 heavy (non-hydrogen) atoms. The van der Waals surface area contributed by atoms with Crippen LogP contribution in [0.5, 0.6) is 11.5 Å². The minimum absolute atomic E-state index is 0.0107. The van der Waals surface area contributed by atoms with Gasteiger partial charge in [-0.2, -0.15) is 0 Å². The number of phenols is 2. The number of phenolic OH excluding ortho intramolecular Hbond substituents is 2. The second kappa shape index (κ2) is 3.42. The molecular weight excluding hydrogens is 158 g/mol. The zero-order valence-corrected chi connectivity index (χ0v) is 6.70. The topological polar surface area (TPSA) is 72.7 Å². The molecule has 4 heteroatoms. The molecule has 4 N–H and O–H groups in total. The van der Waals surface area contributed by atoms with Gasteiger partial charge >= 0.3 is 0 Å². The minimum Gasteiger partial charge on any atom is -0.508 e. The first-order chi connectivity index (χ1) is 5.66. The maximum atomic E-state index is 9.40. The molecule has 0 bridgehead atoms. The SMILES string of the molecule is Cc1c(O)ccc(CNO)c1O. The molecule has 1 aromatic rings. The lowest BCUT2D eigenvalue weighted by Gasteiger charge is -2.06. The van der Waals surface area contributed by atoms with E-state index in [0.717, 1.165) is 0 Å². The van der Waals surface area contributed by atoms with Crippen LogP contribution in [0.25, 0.3) is 0 Å². The summed E-state index contributed by atoms with van der Waals surface area (Å²) in [7, 11) is 0. The summed E-state index contributed by atoms with van der Waals surface area (Å²) in [6, 6.07) is 3.02. The Hall–Kier alpha value is -1.26. The van der Waals surface area contributed by atoms with Crippen LogP contribution in [0.2, 0.25) is 0 Å². The van der Waals surface area contributed by atoms with Crippen molar-refractivity contribution in [3.63, 3.8) is 0 Å². The molecule has 0 saturated heterocycles. The lowest BCUT2D eigenvalue weighted by Crippen LogP contribution is -2.06. The highest BCUT2D eigenvalue weighted by Gasteiger charge is 2.06. The average Bonchev–Trinajstić information content (AvgIpc) is 2.07. The molecule has 1 aromatic carbocycles. The van der Waals surface area contributed by atoms with Crippen LogP contribution in [0.15, 0.2) is 12.1 Å². The van der Waals surface area contributed by atoms with E-state index in [0.29, 0.717) is 11.1 Å². The van der Waals surface area contributed by atoms with Crippen LogP contribution in [0.1, 0.15) is 11.1 Å². The summed E-state index contributed by atoms with van der Waals surface area (Å²) in [5.41, 5.74) is 2.90. The first kappa shape index (κ1) is 8.83. The van der Waals surface area contributed by atoms with E-state index in [1.165, 1.54) is 6.07 Å². The number of benzene rings is 1. The number of hydroxylamine groups is 1.